The first-order valence-electron chi connectivity index (χ1n) is 10.1. The monoisotopic (exact) mass is 400 g/mol. The SMILES string of the molecule is CC(C)c1nc2oc3c(N(CCO)CCO)ncnc3c2c2c1COC(C)(C)C2. The number of aromatic nitrogens is 3. The van der Waals surface area contributed by atoms with Crippen LogP contribution in [0.1, 0.15) is 50.4 Å². The minimum absolute atomic E-state index is 0.0532. The van der Waals surface area contributed by atoms with E-state index in [9.17, 15) is 10.2 Å². The van der Waals surface area contributed by atoms with E-state index in [1.807, 2.05) is 0 Å². The largest absolute Gasteiger partial charge is 0.432 e. The fraction of sp³-hybridized carbons (Fsp3) is 0.571. The van der Waals surface area contributed by atoms with Gasteiger partial charge >= 0.3 is 0 Å². The zero-order valence-corrected chi connectivity index (χ0v) is 17.4. The van der Waals surface area contributed by atoms with E-state index in [1.54, 1.807) is 4.90 Å². The van der Waals surface area contributed by atoms with Crippen LogP contribution in [0.15, 0.2) is 10.7 Å². The Kier molecular flexibility index (Phi) is 5.18. The maximum absolute atomic E-state index is 9.43. The lowest BCUT2D eigenvalue weighted by molar-refractivity contribution is -0.0402. The standard InChI is InChI=1S/C21H28N4O4/c1-12(2)16-14-10-28-21(3,4)9-13(14)15-17-18(29-20(15)24-16)19(23-11-22-17)25(5-7-26)6-8-27/h11-12,26-27H,5-10H2,1-4H3. The number of fused-ring (bicyclic) bond motifs is 5. The maximum Gasteiger partial charge on any atom is 0.229 e. The van der Waals surface area contributed by atoms with Crippen LogP contribution in [-0.2, 0) is 17.8 Å². The summed E-state index contributed by atoms with van der Waals surface area (Å²) in [6.45, 7) is 9.50. The van der Waals surface area contributed by atoms with Gasteiger partial charge in [0.25, 0.3) is 0 Å². The average molecular weight is 400 g/mol. The Balaban J connectivity index is 2.01. The van der Waals surface area contributed by atoms with E-state index in [4.69, 9.17) is 14.1 Å². The van der Waals surface area contributed by atoms with E-state index in [0.717, 1.165) is 23.1 Å². The second kappa shape index (κ2) is 7.51. The van der Waals surface area contributed by atoms with Crippen LogP contribution in [0.25, 0.3) is 22.2 Å². The molecule has 29 heavy (non-hydrogen) atoms. The summed E-state index contributed by atoms with van der Waals surface area (Å²) < 4.78 is 12.3. The Labute approximate surface area is 169 Å². The Hall–Kier alpha value is -2.29. The molecule has 1 aliphatic rings. The van der Waals surface area contributed by atoms with E-state index in [-0.39, 0.29) is 24.7 Å². The molecule has 0 spiro atoms. The van der Waals surface area contributed by atoms with Gasteiger partial charge in [-0.2, -0.15) is 0 Å². The van der Waals surface area contributed by atoms with Gasteiger partial charge in [-0.3, -0.25) is 0 Å². The summed E-state index contributed by atoms with van der Waals surface area (Å²) in [6, 6.07) is 0. The molecule has 0 saturated heterocycles. The first kappa shape index (κ1) is 20.0. The van der Waals surface area contributed by atoms with Crippen LogP contribution in [0, 0.1) is 0 Å². The van der Waals surface area contributed by atoms with Gasteiger partial charge in [-0.15, -0.1) is 0 Å². The van der Waals surface area contributed by atoms with E-state index in [1.165, 1.54) is 11.9 Å². The molecule has 0 bridgehead atoms. The number of aliphatic hydroxyl groups is 2. The number of pyridine rings is 1. The van der Waals surface area contributed by atoms with Crippen molar-refractivity contribution in [3.05, 3.63) is 23.1 Å². The molecule has 4 rings (SSSR count). The third-order valence-corrected chi connectivity index (χ3v) is 5.43. The van der Waals surface area contributed by atoms with Crippen molar-refractivity contribution in [3.8, 4) is 0 Å². The Morgan fingerprint density at radius 1 is 1.14 bits per heavy atom. The summed E-state index contributed by atoms with van der Waals surface area (Å²) in [5.74, 6) is 0.791. The van der Waals surface area contributed by atoms with E-state index >= 15 is 0 Å². The molecule has 0 radical (unpaired) electrons. The molecular formula is C21H28N4O4. The molecule has 4 heterocycles. The highest BCUT2D eigenvalue weighted by molar-refractivity contribution is 6.06. The van der Waals surface area contributed by atoms with Gasteiger partial charge in [0, 0.05) is 25.1 Å². The second-order valence-electron chi connectivity index (χ2n) is 8.43. The van der Waals surface area contributed by atoms with Crippen LogP contribution < -0.4 is 4.90 Å². The maximum atomic E-state index is 9.43. The van der Waals surface area contributed by atoms with Gasteiger partial charge in [0.2, 0.25) is 5.71 Å². The summed E-state index contributed by atoms with van der Waals surface area (Å²) in [5, 5.41) is 19.8. The molecule has 3 aromatic rings. The van der Waals surface area contributed by atoms with Gasteiger partial charge in [0.05, 0.1) is 36.5 Å². The van der Waals surface area contributed by atoms with Gasteiger partial charge in [-0.25, -0.2) is 15.0 Å². The highest BCUT2D eigenvalue weighted by atomic mass is 16.5. The molecule has 0 fully saturated rings. The van der Waals surface area contributed by atoms with Crippen LogP contribution in [0.4, 0.5) is 5.82 Å². The van der Waals surface area contributed by atoms with Gasteiger partial charge in [0.15, 0.2) is 11.4 Å². The first-order valence-corrected chi connectivity index (χ1v) is 10.1. The number of hydrogen-bond donors (Lipinski definition) is 2. The van der Waals surface area contributed by atoms with Gasteiger partial charge in [-0.05, 0) is 25.3 Å². The van der Waals surface area contributed by atoms with Crippen LogP contribution in [0.5, 0.6) is 0 Å². The summed E-state index contributed by atoms with van der Waals surface area (Å²) in [4.78, 5) is 15.5. The van der Waals surface area contributed by atoms with E-state index in [2.05, 4.69) is 37.7 Å². The first-order chi connectivity index (χ1) is 13.9. The van der Waals surface area contributed by atoms with E-state index < -0.39 is 0 Å². The molecule has 8 heteroatoms. The summed E-state index contributed by atoms with van der Waals surface area (Å²) in [5.41, 5.74) is 4.79. The lowest BCUT2D eigenvalue weighted by atomic mass is 9.87. The minimum Gasteiger partial charge on any atom is -0.432 e. The Morgan fingerprint density at radius 2 is 1.86 bits per heavy atom. The van der Waals surface area contributed by atoms with Crippen molar-refractivity contribution >= 4 is 28.0 Å². The highest BCUT2D eigenvalue weighted by Gasteiger charge is 2.33. The topological polar surface area (TPSA) is 105 Å². The molecule has 0 aliphatic carbocycles. The van der Waals surface area contributed by atoms with Gasteiger partial charge in [-0.1, -0.05) is 13.8 Å². The summed E-state index contributed by atoms with van der Waals surface area (Å²) >= 11 is 0. The van der Waals surface area contributed by atoms with E-state index in [0.29, 0.717) is 42.3 Å². The van der Waals surface area contributed by atoms with Gasteiger partial charge in [0.1, 0.15) is 11.8 Å². The molecule has 2 N–H and O–H groups in total. The molecule has 1 aliphatic heterocycles. The van der Waals surface area contributed by atoms with Crippen LogP contribution in [-0.4, -0.2) is 57.1 Å². The number of nitrogens with zero attached hydrogens (tertiary/aromatic N) is 4. The fourth-order valence-corrected chi connectivity index (χ4v) is 4.09. The molecule has 0 aromatic carbocycles. The molecule has 156 valence electrons. The van der Waals surface area contributed by atoms with Crippen molar-refractivity contribution in [2.24, 2.45) is 0 Å². The Morgan fingerprint density at radius 3 is 2.52 bits per heavy atom. The number of furan rings is 1. The van der Waals surface area contributed by atoms with Crippen molar-refractivity contribution in [1.82, 2.24) is 15.0 Å². The van der Waals surface area contributed by atoms with Crippen LogP contribution in [0.3, 0.4) is 0 Å². The molecular weight excluding hydrogens is 372 g/mol. The lowest BCUT2D eigenvalue weighted by Gasteiger charge is -2.33. The smallest absolute Gasteiger partial charge is 0.229 e. The molecule has 0 unspecified atom stereocenters. The van der Waals surface area contributed by atoms with Crippen molar-refractivity contribution < 1.29 is 19.4 Å². The van der Waals surface area contributed by atoms with Crippen LogP contribution >= 0.6 is 0 Å². The molecule has 0 amide bonds. The Bertz CT molecular complexity index is 1040. The number of rotatable bonds is 6. The average Bonchev–Trinajstić information content (AvgIpc) is 3.05. The second-order valence-corrected chi connectivity index (χ2v) is 8.43. The molecule has 8 nitrogen and oxygen atoms in total. The number of anilines is 1. The fourth-order valence-electron chi connectivity index (χ4n) is 4.09. The van der Waals surface area contributed by atoms with Gasteiger partial charge < -0.3 is 24.3 Å². The molecule has 0 saturated carbocycles. The minimum atomic E-state index is -0.283. The zero-order chi connectivity index (χ0) is 20.8. The number of ether oxygens (including phenoxy) is 1. The van der Waals surface area contributed by atoms with Crippen molar-refractivity contribution in [2.45, 2.75) is 52.2 Å². The molecule has 3 aromatic heterocycles. The highest BCUT2D eigenvalue weighted by Crippen LogP contribution is 2.41. The third kappa shape index (κ3) is 3.45. The number of aliphatic hydroxyl groups excluding tert-OH is 2. The lowest BCUT2D eigenvalue weighted by Crippen LogP contribution is -2.33. The van der Waals surface area contributed by atoms with Crippen molar-refractivity contribution in [3.63, 3.8) is 0 Å². The van der Waals surface area contributed by atoms with Crippen molar-refractivity contribution in [1.29, 1.82) is 0 Å². The number of hydrogen-bond acceptors (Lipinski definition) is 8. The quantitative estimate of drug-likeness (QED) is 0.650. The predicted molar refractivity (Wildman–Crippen MR) is 110 cm³/mol. The third-order valence-electron chi connectivity index (χ3n) is 5.43. The van der Waals surface area contributed by atoms with Crippen LogP contribution in [0.2, 0.25) is 0 Å². The summed E-state index contributed by atoms with van der Waals surface area (Å²) in [7, 11) is 0. The normalized spacial score (nSPS) is 16.0. The summed E-state index contributed by atoms with van der Waals surface area (Å²) in [6.07, 6.45) is 2.24. The zero-order valence-electron chi connectivity index (χ0n) is 17.4. The molecule has 0 atom stereocenters. The van der Waals surface area contributed by atoms with Crippen molar-refractivity contribution in [2.75, 3.05) is 31.2 Å². The predicted octanol–water partition coefficient (Wildman–Crippen LogP) is 2.54.